The minimum atomic E-state index is -0.931. The fraction of sp³-hybridized carbons (Fsp3) is 0.154. The van der Waals surface area contributed by atoms with Crippen LogP contribution in [0.25, 0.3) is 17.0 Å². The van der Waals surface area contributed by atoms with Crippen molar-refractivity contribution in [3.8, 4) is 0 Å². The Labute approximate surface area is 93.4 Å². The molecule has 0 spiro atoms. The van der Waals surface area contributed by atoms with Crippen LogP contribution in [0.3, 0.4) is 0 Å². The molecule has 3 heteroatoms. The van der Waals surface area contributed by atoms with E-state index in [4.69, 9.17) is 5.11 Å². The monoisotopic (exact) mass is 215 g/mol. The van der Waals surface area contributed by atoms with Gasteiger partial charge in [-0.3, -0.25) is 0 Å². The summed E-state index contributed by atoms with van der Waals surface area (Å²) in [7, 11) is 0. The van der Waals surface area contributed by atoms with Crippen LogP contribution in [0, 0.1) is 13.8 Å². The Morgan fingerprint density at radius 3 is 2.81 bits per heavy atom. The molecule has 0 saturated carbocycles. The Bertz CT molecular complexity index is 579. The fourth-order valence-corrected chi connectivity index (χ4v) is 1.98. The van der Waals surface area contributed by atoms with Crippen molar-refractivity contribution in [2.75, 3.05) is 0 Å². The fourth-order valence-electron chi connectivity index (χ4n) is 1.98. The number of aryl methyl sites for hydroxylation is 2. The zero-order chi connectivity index (χ0) is 11.7. The molecule has 0 unspecified atom stereocenters. The molecule has 1 aromatic heterocycles. The molecule has 2 N–H and O–H groups in total. The van der Waals surface area contributed by atoms with Gasteiger partial charge in [0.1, 0.15) is 0 Å². The Hall–Kier alpha value is -2.03. The summed E-state index contributed by atoms with van der Waals surface area (Å²) in [4.78, 5) is 13.6. The second kappa shape index (κ2) is 3.85. The number of H-pyrrole nitrogens is 1. The quantitative estimate of drug-likeness (QED) is 0.757. The van der Waals surface area contributed by atoms with Crippen LogP contribution in [0.15, 0.2) is 24.4 Å². The van der Waals surface area contributed by atoms with E-state index >= 15 is 0 Å². The molecule has 16 heavy (non-hydrogen) atoms. The minimum Gasteiger partial charge on any atom is -0.478 e. The molecule has 82 valence electrons. The standard InChI is InChI=1S/C13H13NO2/c1-8-5-9(2)13-10(3-4-12(15)16)7-14-11(13)6-8/h3-7,14H,1-2H3,(H,15,16)/b4-3+. The van der Waals surface area contributed by atoms with E-state index in [1.807, 2.05) is 20.0 Å². The van der Waals surface area contributed by atoms with E-state index in [0.29, 0.717) is 0 Å². The van der Waals surface area contributed by atoms with E-state index in [2.05, 4.69) is 17.1 Å². The smallest absolute Gasteiger partial charge is 0.328 e. The average molecular weight is 215 g/mol. The lowest BCUT2D eigenvalue weighted by molar-refractivity contribution is -0.131. The van der Waals surface area contributed by atoms with Crippen LogP contribution >= 0.6 is 0 Å². The SMILES string of the molecule is Cc1cc(C)c2c(/C=C/C(=O)O)c[nH]c2c1. The van der Waals surface area contributed by atoms with E-state index in [0.717, 1.165) is 28.1 Å². The van der Waals surface area contributed by atoms with Crippen molar-refractivity contribution in [3.63, 3.8) is 0 Å². The number of rotatable bonds is 2. The molecule has 2 rings (SSSR count). The van der Waals surface area contributed by atoms with E-state index in [-0.39, 0.29) is 0 Å². The highest BCUT2D eigenvalue weighted by Crippen LogP contribution is 2.24. The van der Waals surface area contributed by atoms with Crippen molar-refractivity contribution in [2.45, 2.75) is 13.8 Å². The van der Waals surface area contributed by atoms with Crippen molar-refractivity contribution in [1.82, 2.24) is 4.98 Å². The molecule has 0 aliphatic carbocycles. The summed E-state index contributed by atoms with van der Waals surface area (Å²) in [6.07, 6.45) is 4.60. The zero-order valence-electron chi connectivity index (χ0n) is 9.24. The normalized spacial score (nSPS) is 11.4. The largest absolute Gasteiger partial charge is 0.478 e. The lowest BCUT2D eigenvalue weighted by atomic mass is 10.0. The number of aromatic nitrogens is 1. The Morgan fingerprint density at radius 2 is 2.12 bits per heavy atom. The summed E-state index contributed by atoms with van der Waals surface area (Å²) in [5.41, 5.74) is 4.30. The molecule has 0 atom stereocenters. The van der Waals surface area contributed by atoms with Crippen LogP contribution in [0.1, 0.15) is 16.7 Å². The van der Waals surface area contributed by atoms with Gasteiger partial charge in [-0.2, -0.15) is 0 Å². The van der Waals surface area contributed by atoms with Crippen LogP contribution in [0.2, 0.25) is 0 Å². The van der Waals surface area contributed by atoms with Gasteiger partial charge in [0.2, 0.25) is 0 Å². The molecule has 0 radical (unpaired) electrons. The van der Waals surface area contributed by atoms with E-state index < -0.39 is 5.97 Å². The van der Waals surface area contributed by atoms with E-state index in [1.54, 1.807) is 6.08 Å². The van der Waals surface area contributed by atoms with Crippen LogP contribution in [-0.4, -0.2) is 16.1 Å². The van der Waals surface area contributed by atoms with Gasteiger partial charge in [-0.1, -0.05) is 6.07 Å². The van der Waals surface area contributed by atoms with Gasteiger partial charge in [-0.15, -0.1) is 0 Å². The van der Waals surface area contributed by atoms with Crippen molar-refractivity contribution >= 4 is 22.9 Å². The summed E-state index contributed by atoms with van der Waals surface area (Å²) in [6.45, 7) is 4.07. The predicted molar refractivity (Wildman–Crippen MR) is 64.4 cm³/mol. The molecule has 1 heterocycles. The number of carboxylic acids is 1. The van der Waals surface area contributed by atoms with E-state index in [1.165, 1.54) is 5.56 Å². The molecule has 0 amide bonds. The lowest BCUT2D eigenvalue weighted by Gasteiger charge is -2.00. The van der Waals surface area contributed by atoms with Gasteiger partial charge >= 0.3 is 5.97 Å². The number of aromatic amines is 1. The third kappa shape index (κ3) is 1.84. The number of fused-ring (bicyclic) bond motifs is 1. The van der Waals surface area contributed by atoms with Gasteiger partial charge in [0.15, 0.2) is 0 Å². The molecular weight excluding hydrogens is 202 g/mol. The van der Waals surface area contributed by atoms with Gasteiger partial charge in [0.25, 0.3) is 0 Å². The first-order valence-corrected chi connectivity index (χ1v) is 5.07. The number of carbonyl (C=O) groups is 1. The first-order chi connectivity index (χ1) is 7.58. The maximum Gasteiger partial charge on any atom is 0.328 e. The second-order valence-corrected chi connectivity index (χ2v) is 3.92. The molecule has 0 fully saturated rings. The highest BCUT2D eigenvalue weighted by Gasteiger charge is 2.05. The van der Waals surface area contributed by atoms with Gasteiger partial charge in [0.05, 0.1) is 0 Å². The predicted octanol–water partition coefficient (Wildman–Crippen LogP) is 2.88. The number of hydrogen-bond acceptors (Lipinski definition) is 1. The van der Waals surface area contributed by atoms with Gasteiger partial charge in [-0.25, -0.2) is 4.79 Å². The Kier molecular flexibility index (Phi) is 2.52. The number of nitrogens with one attached hydrogen (secondary N) is 1. The third-order valence-electron chi connectivity index (χ3n) is 2.56. The van der Waals surface area contributed by atoms with Gasteiger partial charge < -0.3 is 10.1 Å². The molecule has 1 aromatic carbocycles. The van der Waals surface area contributed by atoms with Gasteiger partial charge in [0, 0.05) is 28.7 Å². The summed E-state index contributed by atoms with van der Waals surface area (Å²) >= 11 is 0. The lowest BCUT2D eigenvalue weighted by Crippen LogP contribution is -1.85. The van der Waals surface area contributed by atoms with Crippen LogP contribution < -0.4 is 0 Å². The van der Waals surface area contributed by atoms with Crippen molar-refractivity contribution < 1.29 is 9.90 Å². The topological polar surface area (TPSA) is 53.1 Å². The maximum absolute atomic E-state index is 10.5. The molecular formula is C13H13NO2. The summed E-state index contributed by atoms with van der Waals surface area (Å²) in [6, 6.07) is 4.15. The molecule has 2 aromatic rings. The summed E-state index contributed by atoms with van der Waals surface area (Å²) in [5.74, 6) is -0.931. The molecule has 0 aliphatic rings. The van der Waals surface area contributed by atoms with Crippen molar-refractivity contribution in [1.29, 1.82) is 0 Å². The Morgan fingerprint density at radius 1 is 1.38 bits per heavy atom. The number of benzene rings is 1. The highest BCUT2D eigenvalue weighted by molar-refractivity contribution is 5.95. The highest BCUT2D eigenvalue weighted by atomic mass is 16.4. The number of carboxylic acid groups (broad SMARTS) is 1. The maximum atomic E-state index is 10.5. The number of aliphatic carboxylic acids is 1. The first-order valence-electron chi connectivity index (χ1n) is 5.07. The number of hydrogen-bond donors (Lipinski definition) is 2. The van der Waals surface area contributed by atoms with Crippen LogP contribution in [0.4, 0.5) is 0 Å². The average Bonchev–Trinajstić information content (AvgIpc) is 2.57. The van der Waals surface area contributed by atoms with E-state index in [9.17, 15) is 4.79 Å². The molecule has 0 saturated heterocycles. The van der Waals surface area contributed by atoms with Crippen molar-refractivity contribution in [3.05, 3.63) is 41.1 Å². The minimum absolute atomic E-state index is 0.912. The van der Waals surface area contributed by atoms with Crippen LogP contribution in [0.5, 0.6) is 0 Å². The summed E-state index contributed by atoms with van der Waals surface area (Å²) in [5, 5.41) is 9.69. The second-order valence-electron chi connectivity index (χ2n) is 3.92. The zero-order valence-corrected chi connectivity index (χ0v) is 9.24. The molecule has 0 bridgehead atoms. The third-order valence-corrected chi connectivity index (χ3v) is 2.56. The first kappa shape index (κ1) is 10.5. The van der Waals surface area contributed by atoms with Crippen LogP contribution in [-0.2, 0) is 4.79 Å². The van der Waals surface area contributed by atoms with Crippen molar-refractivity contribution in [2.24, 2.45) is 0 Å². The summed E-state index contributed by atoms with van der Waals surface area (Å²) < 4.78 is 0. The molecule has 3 nitrogen and oxygen atoms in total. The Balaban J connectivity index is 2.60. The van der Waals surface area contributed by atoms with Gasteiger partial charge in [-0.05, 0) is 37.1 Å². The molecule has 0 aliphatic heterocycles.